The lowest BCUT2D eigenvalue weighted by atomic mass is 10.0. The summed E-state index contributed by atoms with van der Waals surface area (Å²) < 4.78 is 5.20. The Balaban J connectivity index is 2.24. The van der Waals surface area contributed by atoms with Crippen LogP contribution < -0.4 is 0 Å². The predicted molar refractivity (Wildman–Crippen MR) is 92.3 cm³/mol. The van der Waals surface area contributed by atoms with Crippen LogP contribution in [-0.4, -0.2) is 33.7 Å². The normalized spacial score (nSPS) is 11.9. The number of H-pyrrole nitrogens is 1. The highest BCUT2D eigenvalue weighted by Gasteiger charge is 2.27. The highest BCUT2D eigenvalue weighted by atomic mass is 16.5. The Bertz CT molecular complexity index is 863. The molecule has 2 aromatic rings. The molecule has 0 aliphatic carbocycles. The zero-order valence-electron chi connectivity index (χ0n) is 14.9. The SMILES string of the molecule is CC(=O)c1c(C)[nH]c(C(=O)[C@H](C)OC(=O)c2cc(C)ccc2O)c1C. The first-order valence-corrected chi connectivity index (χ1v) is 7.88. The molecule has 2 rings (SSSR count). The monoisotopic (exact) mass is 343 g/mol. The van der Waals surface area contributed by atoms with Crippen molar-refractivity contribution in [1.82, 2.24) is 4.98 Å². The summed E-state index contributed by atoms with van der Waals surface area (Å²) in [5.74, 6) is -1.57. The summed E-state index contributed by atoms with van der Waals surface area (Å²) in [7, 11) is 0. The Labute approximate surface area is 145 Å². The average Bonchev–Trinajstić information content (AvgIpc) is 2.83. The van der Waals surface area contributed by atoms with Crippen LogP contribution in [0.4, 0.5) is 0 Å². The fraction of sp³-hybridized carbons (Fsp3) is 0.316. The Morgan fingerprint density at radius 3 is 2.36 bits per heavy atom. The van der Waals surface area contributed by atoms with Gasteiger partial charge in [0, 0.05) is 11.3 Å². The molecular weight excluding hydrogens is 322 g/mol. The molecular formula is C19H21NO5. The molecule has 0 spiro atoms. The second-order valence-electron chi connectivity index (χ2n) is 6.11. The molecule has 1 aromatic carbocycles. The highest BCUT2D eigenvalue weighted by molar-refractivity contribution is 6.05. The Hall–Kier alpha value is -2.89. The van der Waals surface area contributed by atoms with E-state index in [1.807, 2.05) is 0 Å². The summed E-state index contributed by atoms with van der Waals surface area (Å²) >= 11 is 0. The molecule has 25 heavy (non-hydrogen) atoms. The van der Waals surface area contributed by atoms with Gasteiger partial charge in [-0.15, -0.1) is 0 Å². The molecule has 1 heterocycles. The van der Waals surface area contributed by atoms with Crippen molar-refractivity contribution < 1.29 is 24.2 Å². The van der Waals surface area contributed by atoms with E-state index < -0.39 is 17.9 Å². The average molecular weight is 343 g/mol. The third-order valence-electron chi connectivity index (χ3n) is 4.06. The zero-order chi connectivity index (χ0) is 18.9. The quantitative estimate of drug-likeness (QED) is 0.641. The number of aryl methyl sites for hydroxylation is 2. The van der Waals surface area contributed by atoms with E-state index in [9.17, 15) is 19.5 Å². The number of benzene rings is 1. The first kappa shape index (κ1) is 18.4. The maximum absolute atomic E-state index is 12.6. The van der Waals surface area contributed by atoms with Gasteiger partial charge in [0.25, 0.3) is 0 Å². The van der Waals surface area contributed by atoms with Crippen LogP contribution in [0.3, 0.4) is 0 Å². The van der Waals surface area contributed by atoms with Gasteiger partial charge in [0.15, 0.2) is 11.9 Å². The van der Waals surface area contributed by atoms with Crippen molar-refractivity contribution in [2.24, 2.45) is 0 Å². The summed E-state index contributed by atoms with van der Waals surface area (Å²) in [6, 6.07) is 4.55. The molecule has 1 aromatic heterocycles. The fourth-order valence-corrected chi connectivity index (χ4v) is 2.82. The molecule has 0 aliphatic heterocycles. The fourth-order valence-electron chi connectivity index (χ4n) is 2.82. The van der Waals surface area contributed by atoms with E-state index in [2.05, 4.69) is 4.98 Å². The number of hydrogen-bond acceptors (Lipinski definition) is 5. The number of aromatic nitrogens is 1. The third kappa shape index (κ3) is 3.63. The van der Waals surface area contributed by atoms with Gasteiger partial charge in [-0.05, 0) is 52.3 Å². The number of nitrogens with one attached hydrogen (secondary N) is 1. The van der Waals surface area contributed by atoms with E-state index in [1.54, 1.807) is 26.8 Å². The van der Waals surface area contributed by atoms with Crippen molar-refractivity contribution in [3.8, 4) is 5.75 Å². The van der Waals surface area contributed by atoms with Crippen molar-refractivity contribution in [1.29, 1.82) is 0 Å². The molecule has 6 heteroatoms. The van der Waals surface area contributed by atoms with Crippen LogP contribution in [0.25, 0.3) is 0 Å². The Morgan fingerprint density at radius 2 is 1.80 bits per heavy atom. The van der Waals surface area contributed by atoms with Crippen LogP contribution >= 0.6 is 0 Å². The van der Waals surface area contributed by atoms with Crippen LogP contribution in [0.15, 0.2) is 18.2 Å². The van der Waals surface area contributed by atoms with Crippen LogP contribution in [0.5, 0.6) is 5.75 Å². The first-order valence-electron chi connectivity index (χ1n) is 7.88. The molecule has 1 atom stereocenters. The number of rotatable bonds is 5. The lowest BCUT2D eigenvalue weighted by Gasteiger charge is -2.13. The van der Waals surface area contributed by atoms with Crippen molar-refractivity contribution in [3.05, 3.63) is 51.8 Å². The van der Waals surface area contributed by atoms with E-state index in [0.29, 0.717) is 16.8 Å². The van der Waals surface area contributed by atoms with E-state index >= 15 is 0 Å². The minimum Gasteiger partial charge on any atom is -0.507 e. The third-order valence-corrected chi connectivity index (χ3v) is 4.06. The molecule has 0 saturated heterocycles. The summed E-state index contributed by atoms with van der Waals surface area (Å²) in [6.45, 7) is 8.05. The summed E-state index contributed by atoms with van der Waals surface area (Å²) in [4.78, 5) is 39.4. The maximum Gasteiger partial charge on any atom is 0.342 e. The summed E-state index contributed by atoms with van der Waals surface area (Å²) in [6.07, 6.45) is -1.07. The Kier molecular flexibility index (Phi) is 5.11. The van der Waals surface area contributed by atoms with Crippen molar-refractivity contribution >= 4 is 17.5 Å². The van der Waals surface area contributed by atoms with E-state index in [-0.39, 0.29) is 22.8 Å². The zero-order valence-corrected chi connectivity index (χ0v) is 14.9. The van der Waals surface area contributed by atoms with Crippen LogP contribution in [-0.2, 0) is 4.74 Å². The molecule has 132 valence electrons. The lowest BCUT2D eigenvalue weighted by Crippen LogP contribution is -2.25. The van der Waals surface area contributed by atoms with Gasteiger partial charge in [-0.1, -0.05) is 11.6 Å². The largest absolute Gasteiger partial charge is 0.507 e. The number of phenols is 1. The molecule has 0 amide bonds. The molecule has 6 nitrogen and oxygen atoms in total. The first-order chi connectivity index (χ1) is 11.6. The second kappa shape index (κ2) is 6.93. The number of aromatic hydroxyl groups is 1. The predicted octanol–water partition coefficient (Wildman–Crippen LogP) is 3.28. The minimum absolute atomic E-state index is 0.00321. The van der Waals surface area contributed by atoms with E-state index in [1.165, 1.54) is 26.0 Å². The number of aromatic amines is 1. The van der Waals surface area contributed by atoms with Gasteiger partial charge in [0.05, 0.1) is 5.69 Å². The van der Waals surface area contributed by atoms with Crippen LogP contribution in [0.2, 0.25) is 0 Å². The summed E-state index contributed by atoms with van der Waals surface area (Å²) in [5.41, 5.74) is 2.64. The number of carbonyl (C=O) groups is 3. The number of hydrogen-bond donors (Lipinski definition) is 2. The van der Waals surface area contributed by atoms with Crippen LogP contribution in [0.1, 0.15) is 61.9 Å². The molecule has 0 saturated carbocycles. The minimum atomic E-state index is -1.07. The smallest absolute Gasteiger partial charge is 0.342 e. The standard InChI is InChI=1S/C19H21NO5/c1-9-6-7-15(22)14(8-9)19(24)25-13(5)18(23)17-10(2)16(12(4)21)11(3)20-17/h6-8,13,20,22H,1-5H3/t13-/m0/s1. The number of phenolic OH excluding ortho intramolecular Hbond substituents is 1. The van der Waals surface area contributed by atoms with Crippen molar-refractivity contribution in [3.63, 3.8) is 0 Å². The molecule has 0 bridgehead atoms. The van der Waals surface area contributed by atoms with Gasteiger partial charge in [0.2, 0.25) is 5.78 Å². The number of Topliss-reactive ketones (excluding diaryl/α,β-unsaturated/α-hetero) is 2. The van der Waals surface area contributed by atoms with Gasteiger partial charge < -0.3 is 14.8 Å². The van der Waals surface area contributed by atoms with Gasteiger partial charge in [-0.2, -0.15) is 0 Å². The number of carbonyl (C=O) groups excluding carboxylic acids is 3. The van der Waals surface area contributed by atoms with Gasteiger partial charge in [-0.3, -0.25) is 9.59 Å². The van der Waals surface area contributed by atoms with Gasteiger partial charge in [0.1, 0.15) is 11.3 Å². The highest BCUT2D eigenvalue weighted by Crippen LogP contribution is 2.22. The van der Waals surface area contributed by atoms with Gasteiger partial charge >= 0.3 is 5.97 Å². The van der Waals surface area contributed by atoms with Crippen molar-refractivity contribution in [2.75, 3.05) is 0 Å². The molecule has 0 aliphatic rings. The molecule has 2 N–H and O–H groups in total. The second-order valence-corrected chi connectivity index (χ2v) is 6.11. The topological polar surface area (TPSA) is 96.5 Å². The molecule has 0 fully saturated rings. The molecule has 0 radical (unpaired) electrons. The van der Waals surface area contributed by atoms with Crippen molar-refractivity contribution in [2.45, 2.75) is 40.7 Å². The number of ether oxygens (including phenoxy) is 1. The number of ketones is 2. The maximum atomic E-state index is 12.6. The molecule has 0 unspecified atom stereocenters. The van der Waals surface area contributed by atoms with Gasteiger partial charge in [-0.25, -0.2) is 4.79 Å². The summed E-state index contributed by atoms with van der Waals surface area (Å²) in [5, 5.41) is 9.79. The van der Waals surface area contributed by atoms with E-state index in [0.717, 1.165) is 5.56 Å². The lowest BCUT2D eigenvalue weighted by molar-refractivity contribution is 0.0314. The van der Waals surface area contributed by atoms with E-state index in [4.69, 9.17) is 4.74 Å². The number of esters is 1. The van der Waals surface area contributed by atoms with Crippen LogP contribution in [0, 0.1) is 20.8 Å². The Morgan fingerprint density at radius 1 is 1.16 bits per heavy atom.